The van der Waals surface area contributed by atoms with E-state index >= 15 is 0 Å². The van der Waals surface area contributed by atoms with E-state index in [1.54, 1.807) is 0 Å². The van der Waals surface area contributed by atoms with Crippen LogP contribution in [0.1, 0.15) is 37.0 Å². The number of carbonyl (C=O) groups excluding carboxylic acids is 1. The molecule has 13 heteroatoms. The average molecular weight is 465 g/mol. The zero-order chi connectivity index (χ0) is 23.4. The van der Waals surface area contributed by atoms with Crippen LogP contribution in [0.5, 0.6) is 0 Å². The van der Waals surface area contributed by atoms with Crippen molar-refractivity contribution in [1.82, 2.24) is 0 Å². The summed E-state index contributed by atoms with van der Waals surface area (Å²) in [5.74, 6) is -4.96. The molecule has 0 saturated heterocycles. The van der Waals surface area contributed by atoms with E-state index in [1.165, 1.54) is 12.1 Å². The van der Waals surface area contributed by atoms with Crippen LogP contribution in [0.2, 0.25) is 0 Å². The molecule has 0 spiro atoms. The van der Waals surface area contributed by atoms with Crippen LogP contribution in [0.3, 0.4) is 0 Å². The summed E-state index contributed by atoms with van der Waals surface area (Å²) in [5, 5.41) is 0. The number of hydrogen-bond acceptors (Lipinski definition) is 5. The summed E-state index contributed by atoms with van der Waals surface area (Å²) in [7, 11) is -5.83. The minimum Gasteiger partial charge on any atom is -0.435 e. The van der Waals surface area contributed by atoms with Gasteiger partial charge in [-0.15, -0.1) is 0 Å². The molecule has 1 rings (SSSR count). The molecule has 6 nitrogen and oxygen atoms in total. The molecule has 0 radical (unpaired) electrons. The smallest absolute Gasteiger partial charge is 0.435 e. The van der Waals surface area contributed by atoms with Gasteiger partial charge in [0.2, 0.25) is 0 Å². The Kier molecular flexibility index (Phi) is 8.16. The quantitative estimate of drug-likeness (QED) is 0.334. The zero-order valence-corrected chi connectivity index (χ0v) is 16.9. The third-order valence-electron chi connectivity index (χ3n) is 4.02. The maximum Gasteiger partial charge on any atom is 0.438 e. The molecule has 0 bridgehead atoms. The third-order valence-corrected chi connectivity index (χ3v) is 4.79. The lowest BCUT2D eigenvalue weighted by Gasteiger charge is -2.35. The molecule has 0 aromatic heterocycles. The van der Waals surface area contributed by atoms with Crippen LogP contribution in [-0.2, 0) is 14.9 Å². The molecular formula is C17H21F6NO5S. The molecule has 0 aliphatic carbocycles. The van der Waals surface area contributed by atoms with Gasteiger partial charge in [0.15, 0.2) is 0 Å². The largest absolute Gasteiger partial charge is 0.438 e. The summed E-state index contributed by atoms with van der Waals surface area (Å²) >= 11 is 0. The van der Waals surface area contributed by atoms with E-state index in [0.29, 0.717) is 18.8 Å². The Hall–Kier alpha value is -2.02. The highest BCUT2D eigenvalue weighted by atomic mass is 32.2. The van der Waals surface area contributed by atoms with E-state index in [2.05, 4.69) is 4.74 Å². The monoisotopic (exact) mass is 465 g/mol. The van der Waals surface area contributed by atoms with E-state index in [1.807, 2.05) is 18.7 Å². The van der Waals surface area contributed by atoms with Gasteiger partial charge >= 0.3 is 23.9 Å². The Bertz CT molecular complexity index is 801. The van der Waals surface area contributed by atoms with Crippen LogP contribution in [-0.4, -0.2) is 55.7 Å². The fraction of sp³-hybridized carbons (Fsp3) is 0.588. The van der Waals surface area contributed by atoms with E-state index in [9.17, 15) is 39.6 Å². The number of anilines is 1. The van der Waals surface area contributed by atoms with Gasteiger partial charge < -0.3 is 9.64 Å². The second-order valence-electron chi connectivity index (χ2n) is 6.47. The minimum absolute atomic E-state index is 0.589. The Morgan fingerprint density at radius 1 is 0.967 bits per heavy atom. The molecule has 0 unspecified atom stereocenters. The lowest BCUT2D eigenvalue weighted by atomic mass is 10.1. The van der Waals surface area contributed by atoms with Gasteiger partial charge in [0.05, 0.1) is 5.56 Å². The number of hydrogen-bond donors (Lipinski definition) is 1. The van der Waals surface area contributed by atoms with Gasteiger partial charge in [-0.3, -0.25) is 4.55 Å². The molecule has 0 fully saturated rings. The van der Waals surface area contributed by atoms with Crippen molar-refractivity contribution in [3.05, 3.63) is 29.8 Å². The van der Waals surface area contributed by atoms with E-state index in [-0.39, 0.29) is 0 Å². The van der Waals surface area contributed by atoms with Crippen LogP contribution < -0.4 is 4.90 Å². The highest BCUT2D eigenvalue weighted by molar-refractivity contribution is 7.85. The number of nitrogens with zero attached hydrogens (tertiary/aromatic N) is 1. The summed E-state index contributed by atoms with van der Waals surface area (Å²) in [6.07, 6.45) is -11.2. The molecule has 1 aromatic rings. The number of ether oxygens (including phenoxy) is 1. The molecule has 30 heavy (non-hydrogen) atoms. The van der Waals surface area contributed by atoms with Crippen LogP contribution >= 0.6 is 0 Å². The van der Waals surface area contributed by atoms with Crippen molar-refractivity contribution < 1.29 is 48.8 Å². The first kappa shape index (κ1) is 26.0. The van der Waals surface area contributed by atoms with Gasteiger partial charge in [-0.2, -0.15) is 34.8 Å². The predicted molar refractivity (Wildman–Crippen MR) is 95.9 cm³/mol. The molecular weight excluding hydrogens is 444 g/mol. The van der Waals surface area contributed by atoms with Crippen molar-refractivity contribution in [3.8, 4) is 0 Å². The number of benzene rings is 1. The van der Waals surface area contributed by atoms with E-state index in [4.69, 9.17) is 4.55 Å². The SMILES string of the molecule is CCCN(CCC)c1ccc(C(=O)OC(CS(=O)(=O)O)(C(F)(F)F)C(F)(F)F)cc1. The molecule has 1 N–H and O–H groups in total. The molecule has 0 amide bonds. The minimum atomic E-state index is -6.37. The molecule has 0 aliphatic heterocycles. The topological polar surface area (TPSA) is 83.9 Å². The van der Waals surface area contributed by atoms with Gasteiger partial charge in [-0.1, -0.05) is 13.8 Å². The second kappa shape index (κ2) is 9.41. The van der Waals surface area contributed by atoms with Crippen molar-refractivity contribution in [2.45, 2.75) is 44.6 Å². The lowest BCUT2D eigenvalue weighted by molar-refractivity contribution is -0.356. The molecule has 0 atom stereocenters. The van der Waals surface area contributed by atoms with E-state index in [0.717, 1.165) is 25.0 Å². The van der Waals surface area contributed by atoms with Gasteiger partial charge in [0.25, 0.3) is 10.1 Å². The number of alkyl halides is 6. The van der Waals surface area contributed by atoms with Crippen molar-refractivity contribution in [1.29, 1.82) is 0 Å². The molecule has 1 aromatic carbocycles. The first-order valence-electron chi connectivity index (χ1n) is 8.75. The van der Waals surface area contributed by atoms with Crippen LogP contribution in [0, 0.1) is 0 Å². The first-order valence-corrected chi connectivity index (χ1v) is 10.4. The summed E-state index contributed by atoms with van der Waals surface area (Å²) in [5.41, 5.74) is -5.49. The number of carbonyl (C=O) groups is 1. The molecule has 172 valence electrons. The Labute approximate surface area is 169 Å². The third kappa shape index (κ3) is 6.24. The summed E-state index contributed by atoms with van der Waals surface area (Å²) in [6, 6.07) is 4.60. The fourth-order valence-electron chi connectivity index (χ4n) is 2.66. The van der Waals surface area contributed by atoms with Crippen molar-refractivity contribution in [2.24, 2.45) is 0 Å². The predicted octanol–water partition coefficient (Wildman–Crippen LogP) is 4.22. The van der Waals surface area contributed by atoms with Gasteiger partial charge in [-0.05, 0) is 37.1 Å². The Morgan fingerprint density at radius 2 is 1.40 bits per heavy atom. The van der Waals surface area contributed by atoms with Gasteiger partial charge in [-0.25, -0.2) is 4.79 Å². The average Bonchev–Trinajstić information content (AvgIpc) is 2.58. The molecule has 0 aliphatic rings. The highest BCUT2D eigenvalue weighted by Crippen LogP contribution is 2.47. The zero-order valence-electron chi connectivity index (χ0n) is 16.0. The lowest BCUT2D eigenvalue weighted by Crippen LogP contribution is -2.63. The molecule has 0 saturated carbocycles. The first-order chi connectivity index (χ1) is 13.6. The van der Waals surface area contributed by atoms with Gasteiger partial charge in [0.1, 0.15) is 5.75 Å². The summed E-state index contributed by atoms with van der Waals surface area (Å²) < 4.78 is 113. The summed E-state index contributed by atoms with van der Waals surface area (Å²) in [6.45, 7) is 5.10. The van der Waals surface area contributed by atoms with E-state index < -0.39 is 45.4 Å². The number of halogens is 6. The Morgan fingerprint density at radius 3 is 1.73 bits per heavy atom. The molecule has 0 heterocycles. The second-order valence-corrected chi connectivity index (χ2v) is 7.92. The number of esters is 1. The highest BCUT2D eigenvalue weighted by Gasteiger charge is 2.76. The normalized spacial score (nSPS) is 13.2. The Balaban J connectivity index is 3.30. The van der Waals surface area contributed by atoms with Crippen LogP contribution in [0.4, 0.5) is 32.0 Å². The van der Waals surface area contributed by atoms with Crippen LogP contribution in [0.25, 0.3) is 0 Å². The maximum absolute atomic E-state index is 13.2. The van der Waals surface area contributed by atoms with Gasteiger partial charge in [0, 0.05) is 18.8 Å². The fourth-order valence-corrected chi connectivity index (χ4v) is 3.56. The van der Waals surface area contributed by atoms with Crippen molar-refractivity contribution >= 4 is 21.8 Å². The number of rotatable bonds is 9. The van der Waals surface area contributed by atoms with Crippen LogP contribution in [0.15, 0.2) is 24.3 Å². The summed E-state index contributed by atoms with van der Waals surface area (Å²) in [4.78, 5) is 14.0. The van der Waals surface area contributed by atoms with Crippen molar-refractivity contribution in [3.63, 3.8) is 0 Å². The van der Waals surface area contributed by atoms with Crippen molar-refractivity contribution in [2.75, 3.05) is 23.7 Å². The maximum atomic E-state index is 13.2. The standard InChI is InChI=1S/C17H21F6NO5S/c1-3-9-24(10-4-2)13-7-5-12(6-8-13)14(25)29-15(16(18,19)20,17(21,22)23)11-30(26,27)28/h5-8H,3-4,9-11H2,1-2H3,(H,26,27,28).